The van der Waals surface area contributed by atoms with Gasteiger partial charge in [0, 0.05) is 26.7 Å². The van der Waals surface area contributed by atoms with Gasteiger partial charge in [0.2, 0.25) is 5.91 Å². The lowest BCUT2D eigenvalue weighted by Gasteiger charge is -2.45. The molecule has 1 fully saturated rings. The second-order valence-electron chi connectivity index (χ2n) is 6.11. The van der Waals surface area contributed by atoms with Gasteiger partial charge in [-0.05, 0) is 26.3 Å². The largest absolute Gasteiger partial charge is 0.343 e. The van der Waals surface area contributed by atoms with E-state index >= 15 is 0 Å². The average molecular weight is 272 g/mol. The Morgan fingerprint density at radius 3 is 2.55 bits per heavy atom. The predicted molar refractivity (Wildman–Crippen MR) is 83.4 cm³/mol. The molecule has 0 aromatic heterocycles. The molecule has 0 radical (unpaired) electrons. The molecular weight excluding hydrogens is 248 g/mol. The summed E-state index contributed by atoms with van der Waals surface area (Å²) in [5.74, 6) is 0.205. The Morgan fingerprint density at radius 2 is 1.90 bits per heavy atom. The first-order valence-corrected chi connectivity index (χ1v) is 7.14. The van der Waals surface area contributed by atoms with E-state index in [0.717, 1.165) is 19.6 Å². The van der Waals surface area contributed by atoms with Crippen molar-refractivity contribution in [3.05, 3.63) is 41.5 Å². The van der Waals surface area contributed by atoms with Crippen molar-refractivity contribution >= 4 is 12.0 Å². The van der Waals surface area contributed by atoms with Crippen molar-refractivity contribution in [3.63, 3.8) is 0 Å². The minimum atomic E-state index is -0.418. The lowest BCUT2D eigenvalue weighted by Crippen LogP contribution is -2.62. The monoisotopic (exact) mass is 272 g/mol. The van der Waals surface area contributed by atoms with E-state index in [4.69, 9.17) is 0 Å². The number of nitrogens with zero attached hydrogens (tertiary/aromatic N) is 2. The molecule has 0 unspecified atom stereocenters. The number of likely N-dealkylation sites (N-methyl/N-ethyl adjacent to an activating group) is 1. The van der Waals surface area contributed by atoms with Crippen LogP contribution in [-0.4, -0.2) is 47.9 Å². The molecular formula is C17H24N2O. The molecule has 0 spiro atoms. The van der Waals surface area contributed by atoms with Crippen LogP contribution in [0.3, 0.4) is 0 Å². The standard InChI is InChI=1S/C17H24N2O/c1-14(12-15-8-6-5-7-9-15)13-19-11-10-18(4)16(20)17(19,2)3/h5-9,12H,10-11,13H2,1-4H3. The quantitative estimate of drug-likeness (QED) is 0.844. The summed E-state index contributed by atoms with van der Waals surface area (Å²) in [6.45, 7) is 8.73. The number of amides is 1. The number of carbonyl (C=O) groups excluding carboxylic acids is 1. The maximum Gasteiger partial charge on any atom is 0.242 e. The molecule has 3 heteroatoms. The molecule has 0 N–H and O–H groups in total. The Bertz CT molecular complexity index is 505. The second kappa shape index (κ2) is 5.80. The van der Waals surface area contributed by atoms with Crippen molar-refractivity contribution in [2.45, 2.75) is 26.3 Å². The van der Waals surface area contributed by atoms with Gasteiger partial charge < -0.3 is 4.90 Å². The maximum atomic E-state index is 12.3. The fourth-order valence-corrected chi connectivity index (χ4v) is 2.71. The van der Waals surface area contributed by atoms with Crippen LogP contribution in [0.5, 0.6) is 0 Å². The highest BCUT2D eigenvalue weighted by molar-refractivity contribution is 5.86. The third kappa shape index (κ3) is 3.10. The first-order chi connectivity index (χ1) is 9.41. The highest BCUT2D eigenvalue weighted by atomic mass is 16.2. The van der Waals surface area contributed by atoms with Crippen molar-refractivity contribution in [1.29, 1.82) is 0 Å². The van der Waals surface area contributed by atoms with E-state index in [9.17, 15) is 4.79 Å². The molecule has 108 valence electrons. The van der Waals surface area contributed by atoms with Crippen LogP contribution in [0.4, 0.5) is 0 Å². The first kappa shape index (κ1) is 14.8. The van der Waals surface area contributed by atoms with E-state index in [1.165, 1.54) is 11.1 Å². The van der Waals surface area contributed by atoms with Crippen LogP contribution < -0.4 is 0 Å². The van der Waals surface area contributed by atoms with Gasteiger partial charge in [0.1, 0.15) is 0 Å². The van der Waals surface area contributed by atoms with E-state index in [-0.39, 0.29) is 5.91 Å². The normalized spacial score (nSPS) is 20.3. The van der Waals surface area contributed by atoms with Gasteiger partial charge in [0.05, 0.1) is 5.54 Å². The summed E-state index contributed by atoms with van der Waals surface area (Å²) in [5, 5.41) is 0. The minimum absolute atomic E-state index is 0.205. The lowest BCUT2D eigenvalue weighted by atomic mass is 9.97. The van der Waals surface area contributed by atoms with Gasteiger partial charge >= 0.3 is 0 Å². The smallest absolute Gasteiger partial charge is 0.242 e. The van der Waals surface area contributed by atoms with Crippen LogP contribution in [0.1, 0.15) is 26.3 Å². The Labute approximate surface area is 121 Å². The molecule has 1 amide bonds. The molecule has 1 aromatic carbocycles. The van der Waals surface area contributed by atoms with Gasteiger partial charge in [0.15, 0.2) is 0 Å². The van der Waals surface area contributed by atoms with Crippen LogP contribution in [0.2, 0.25) is 0 Å². The van der Waals surface area contributed by atoms with Crippen molar-refractivity contribution in [3.8, 4) is 0 Å². The van der Waals surface area contributed by atoms with Crippen LogP contribution in [0.25, 0.3) is 6.08 Å². The summed E-state index contributed by atoms with van der Waals surface area (Å²) < 4.78 is 0. The minimum Gasteiger partial charge on any atom is -0.343 e. The third-order valence-corrected chi connectivity index (χ3v) is 4.02. The molecule has 0 saturated carbocycles. The lowest BCUT2D eigenvalue weighted by molar-refractivity contribution is -0.146. The molecule has 0 atom stereocenters. The van der Waals surface area contributed by atoms with E-state index in [1.807, 2.05) is 44.0 Å². The molecule has 1 saturated heterocycles. The SMILES string of the molecule is CC(=Cc1ccccc1)CN1CCN(C)C(=O)C1(C)C. The van der Waals surface area contributed by atoms with Crippen molar-refractivity contribution < 1.29 is 4.79 Å². The zero-order chi connectivity index (χ0) is 14.8. The van der Waals surface area contributed by atoms with E-state index in [2.05, 4.69) is 30.0 Å². The molecule has 1 aromatic rings. The molecule has 1 heterocycles. The van der Waals surface area contributed by atoms with Gasteiger partial charge in [-0.1, -0.05) is 42.0 Å². The topological polar surface area (TPSA) is 23.6 Å². The van der Waals surface area contributed by atoms with Crippen LogP contribution >= 0.6 is 0 Å². The van der Waals surface area contributed by atoms with E-state index in [0.29, 0.717) is 0 Å². The summed E-state index contributed by atoms with van der Waals surface area (Å²) in [7, 11) is 1.88. The summed E-state index contributed by atoms with van der Waals surface area (Å²) in [5.41, 5.74) is 2.07. The number of piperazine rings is 1. The second-order valence-corrected chi connectivity index (χ2v) is 6.11. The Kier molecular flexibility index (Phi) is 4.29. The molecule has 2 rings (SSSR count). The van der Waals surface area contributed by atoms with Gasteiger partial charge in [-0.3, -0.25) is 9.69 Å². The highest BCUT2D eigenvalue weighted by Crippen LogP contribution is 2.23. The summed E-state index contributed by atoms with van der Waals surface area (Å²) >= 11 is 0. The van der Waals surface area contributed by atoms with Crippen molar-refractivity contribution in [2.75, 3.05) is 26.7 Å². The van der Waals surface area contributed by atoms with Crippen molar-refractivity contribution in [1.82, 2.24) is 9.80 Å². The zero-order valence-corrected chi connectivity index (χ0v) is 12.9. The molecule has 0 aliphatic carbocycles. The Morgan fingerprint density at radius 1 is 1.25 bits per heavy atom. The van der Waals surface area contributed by atoms with Gasteiger partial charge in [-0.2, -0.15) is 0 Å². The highest BCUT2D eigenvalue weighted by Gasteiger charge is 2.40. The third-order valence-electron chi connectivity index (χ3n) is 4.02. The molecule has 0 bridgehead atoms. The van der Waals surface area contributed by atoms with E-state index in [1.54, 1.807) is 0 Å². The predicted octanol–water partition coefficient (Wildman–Crippen LogP) is 2.64. The van der Waals surface area contributed by atoms with Crippen LogP contribution in [0, 0.1) is 0 Å². The summed E-state index contributed by atoms with van der Waals surface area (Å²) in [4.78, 5) is 16.4. The Hall–Kier alpha value is -1.61. The van der Waals surface area contributed by atoms with Crippen LogP contribution in [0.15, 0.2) is 35.9 Å². The fourth-order valence-electron chi connectivity index (χ4n) is 2.71. The van der Waals surface area contributed by atoms with Gasteiger partial charge in [0.25, 0.3) is 0 Å². The fraction of sp³-hybridized carbons (Fsp3) is 0.471. The van der Waals surface area contributed by atoms with Crippen LogP contribution in [-0.2, 0) is 4.79 Å². The number of carbonyl (C=O) groups is 1. The molecule has 20 heavy (non-hydrogen) atoms. The average Bonchev–Trinajstić information content (AvgIpc) is 2.41. The number of hydrogen-bond acceptors (Lipinski definition) is 2. The maximum absolute atomic E-state index is 12.3. The molecule has 3 nitrogen and oxygen atoms in total. The summed E-state index contributed by atoms with van der Waals surface area (Å²) in [6, 6.07) is 10.3. The number of rotatable bonds is 3. The molecule has 1 aliphatic heterocycles. The Balaban J connectivity index is 2.10. The zero-order valence-electron chi connectivity index (χ0n) is 12.9. The summed E-state index contributed by atoms with van der Waals surface area (Å²) in [6.07, 6.45) is 2.19. The van der Waals surface area contributed by atoms with Gasteiger partial charge in [-0.15, -0.1) is 0 Å². The molecule has 1 aliphatic rings. The van der Waals surface area contributed by atoms with Crippen molar-refractivity contribution in [2.24, 2.45) is 0 Å². The van der Waals surface area contributed by atoms with Gasteiger partial charge in [-0.25, -0.2) is 0 Å². The number of benzene rings is 1. The van der Waals surface area contributed by atoms with E-state index < -0.39 is 5.54 Å². The first-order valence-electron chi connectivity index (χ1n) is 7.14. The number of hydrogen-bond donors (Lipinski definition) is 0.